The van der Waals surface area contributed by atoms with E-state index in [-0.39, 0.29) is 5.91 Å². The number of carbonyl (C=O) groups is 1. The van der Waals surface area contributed by atoms with Crippen LogP contribution in [0.2, 0.25) is 0 Å². The second-order valence-electron chi connectivity index (χ2n) is 5.15. The third-order valence-corrected chi connectivity index (χ3v) is 4.35. The lowest BCUT2D eigenvalue weighted by Crippen LogP contribution is -2.24. The molecular weight excluding hydrogens is 286 g/mol. The van der Waals surface area contributed by atoms with Crippen molar-refractivity contribution in [3.05, 3.63) is 40.7 Å². The van der Waals surface area contributed by atoms with Gasteiger partial charge in [0.15, 0.2) is 5.69 Å². The van der Waals surface area contributed by atoms with Gasteiger partial charge in [-0.15, -0.1) is 0 Å². The zero-order valence-electron chi connectivity index (χ0n) is 11.2. The predicted octanol–water partition coefficient (Wildman–Crippen LogP) is 1.83. The maximum absolute atomic E-state index is 12.2. The Kier molecular flexibility index (Phi) is 2.92. The van der Waals surface area contributed by atoms with Crippen LogP contribution < -0.4 is 5.32 Å². The molecule has 0 radical (unpaired) electrons. The molecule has 0 saturated heterocycles. The molecule has 21 heavy (non-hydrogen) atoms. The van der Waals surface area contributed by atoms with E-state index in [9.17, 15) is 4.79 Å². The standard InChI is InChI=1S/C14H13N5OS/c20-14(13-9-2-1-3-10(9)16-17-13)15-7-8-4-5-11-12(6-8)19-21-18-11/h4-6H,1-3,7H2,(H,15,20)(H,16,17). The van der Waals surface area contributed by atoms with Crippen molar-refractivity contribution in [2.75, 3.05) is 0 Å². The first-order valence-corrected chi connectivity index (χ1v) is 7.60. The fraction of sp³-hybridized carbons (Fsp3) is 0.286. The summed E-state index contributed by atoms with van der Waals surface area (Å²) in [5.74, 6) is -0.120. The topological polar surface area (TPSA) is 83.6 Å². The molecule has 3 aromatic rings. The van der Waals surface area contributed by atoms with E-state index in [4.69, 9.17) is 0 Å². The maximum atomic E-state index is 12.2. The van der Waals surface area contributed by atoms with E-state index in [1.165, 1.54) is 11.7 Å². The van der Waals surface area contributed by atoms with Crippen molar-refractivity contribution in [2.45, 2.75) is 25.8 Å². The van der Waals surface area contributed by atoms with Gasteiger partial charge in [-0.25, -0.2) is 0 Å². The lowest BCUT2D eigenvalue weighted by molar-refractivity contribution is 0.0945. The molecular formula is C14H13N5OS. The molecule has 1 amide bonds. The first-order valence-electron chi connectivity index (χ1n) is 6.87. The third-order valence-electron chi connectivity index (χ3n) is 3.79. The molecule has 0 bridgehead atoms. The summed E-state index contributed by atoms with van der Waals surface area (Å²) in [5.41, 5.74) is 5.49. The quantitative estimate of drug-likeness (QED) is 0.773. The van der Waals surface area contributed by atoms with Crippen LogP contribution in [0.3, 0.4) is 0 Å². The zero-order valence-corrected chi connectivity index (χ0v) is 12.0. The van der Waals surface area contributed by atoms with Gasteiger partial charge in [-0.05, 0) is 37.0 Å². The van der Waals surface area contributed by atoms with Crippen molar-refractivity contribution < 1.29 is 4.79 Å². The highest BCUT2D eigenvalue weighted by molar-refractivity contribution is 7.00. The summed E-state index contributed by atoms with van der Waals surface area (Å²) >= 11 is 1.20. The van der Waals surface area contributed by atoms with Crippen LogP contribution in [0.15, 0.2) is 18.2 Å². The predicted molar refractivity (Wildman–Crippen MR) is 79.2 cm³/mol. The average Bonchev–Trinajstić information content (AvgIpc) is 3.19. The summed E-state index contributed by atoms with van der Waals surface area (Å²) in [6.07, 6.45) is 3.02. The van der Waals surface area contributed by atoms with Crippen molar-refractivity contribution in [2.24, 2.45) is 0 Å². The number of benzene rings is 1. The number of fused-ring (bicyclic) bond motifs is 2. The number of carbonyl (C=O) groups excluding carboxylic acids is 1. The summed E-state index contributed by atoms with van der Waals surface area (Å²) in [5, 5.41) is 10.0. The minimum Gasteiger partial charge on any atom is -0.347 e. The molecule has 1 aliphatic carbocycles. The summed E-state index contributed by atoms with van der Waals surface area (Å²) in [7, 11) is 0. The molecule has 6 nitrogen and oxygen atoms in total. The molecule has 2 N–H and O–H groups in total. The van der Waals surface area contributed by atoms with Gasteiger partial charge >= 0.3 is 0 Å². The number of hydrogen-bond acceptors (Lipinski definition) is 5. The number of nitrogens with zero attached hydrogens (tertiary/aromatic N) is 3. The van der Waals surface area contributed by atoms with Crippen molar-refractivity contribution in [3.8, 4) is 0 Å². The molecule has 7 heteroatoms. The smallest absolute Gasteiger partial charge is 0.272 e. The Morgan fingerprint density at radius 1 is 1.29 bits per heavy atom. The van der Waals surface area contributed by atoms with Gasteiger partial charge in [0.05, 0.1) is 11.7 Å². The molecule has 1 aromatic carbocycles. The number of aromatic nitrogens is 4. The minimum atomic E-state index is -0.120. The van der Waals surface area contributed by atoms with E-state index in [0.29, 0.717) is 12.2 Å². The molecule has 106 valence electrons. The molecule has 0 spiro atoms. The Labute approximate surface area is 124 Å². The second kappa shape index (κ2) is 4.92. The van der Waals surface area contributed by atoms with Gasteiger partial charge in [0.2, 0.25) is 0 Å². The fourth-order valence-corrected chi connectivity index (χ4v) is 3.23. The fourth-order valence-electron chi connectivity index (χ4n) is 2.71. The van der Waals surface area contributed by atoms with Crippen LogP contribution in [-0.4, -0.2) is 24.9 Å². The van der Waals surface area contributed by atoms with E-state index in [1.807, 2.05) is 18.2 Å². The summed E-state index contributed by atoms with van der Waals surface area (Å²) < 4.78 is 8.37. The van der Waals surface area contributed by atoms with Crippen molar-refractivity contribution in [3.63, 3.8) is 0 Å². The van der Waals surface area contributed by atoms with Crippen molar-refractivity contribution >= 4 is 28.7 Å². The van der Waals surface area contributed by atoms with Crippen molar-refractivity contribution in [1.82, 2.24) is 24.3 Å². The monoisotopic (exact) mass is 299 g/mol. The Bertz CT molecular complexity index is 822. The van der Waals surface area contributed by atoms with Gasteiger partial charge in [0.1, 0.15) is 11.0 Å². The maximum Gasteiger partial charge on any atom is 0.272 e. The molecule has 0 aliphatic heterocycles. The lowest BCUT2D eigenvalue weighted by Gasteiger charge is -2.04. The second-order valence-corrected chi connectivity index (χ2v) is 5.68. The molecule has 2 heterocycles. The number of aromatic amines is 1. The van der Waals surface area contributed by atoms with E-state index in [0.717, 1.165) is 47.1 Å². The van der Waals surface area contributed by atoms with E-state index < -0.39 is 0 Å². The molecule has 4 rings (SSSR count). The SMILES string of the molecule is O=C(NCc1ccc2nsnc2c1)c1n[nH]c2c1CCC2. The summed E-state index contributed by atoms with van der Waals surface area (Å²) in [6.45, 7) is 0.466. The average molecular weight is 299 g/mol. The Morgan fingerprint density at radius 3 is 3.14 bits per heavy atom. The zero-order chi connectivity index (χ0) is 14.2. The van der Waals surface area contributed by atoms with Gasteiger partial charge in [0, 0.05) is 17.8 Å². The molecule has 1 aliphatic rings. The van der Waals surface area contributed by atoms with Crippen LogP contribution in [0, 0.1) is 0 Å². The van der Waals surface area contributed by atoms with Gasteiger partial charge < -0.3 is 5.32 Å². The van der Waals surface area contributed by atoms with Crippen molar-refractivity contribution in [1.29, 1.82) is 0 Å². The normalized spacial score (nSPS) is 13.5. The number of H-pyrrole nitrogens is 1. The van der Waals surface area contributed by atoms with E-state index >= 15 is 0 Å². The molecule has 0 atom stereocenters. The van der Waals surface area contributed by atoms with Crippen LogP contribution in [0.1, 0.15) is 33.7 Å². The largest absolute Gasteiger partial charge is 0.347 e. The molecule has 0 fully saturated rings. The number of aryl methyl sites for hydroxylation is 1. The van der Waals surface area contributed by atoms with Crippen LogP contribution in [0.25, 0.3) is 11.0 Å². The van der Waals surface area contributed by atoms with Crippen LogP contribution in [0.5, 0.6) is 0 Å². The van der Waals surface area contributed by atoms with Crippen LogP contribution >= 0.6 is 11.7 Å². The number of amides is 1. The Morgan fingerprint density at radius 2 is 2.19 bits per heavy atom. The Hall–Kier alpha value is -2.28. The van der Waals surface area contributed by atoms with Gasteiger partial charge in [-0.3, -0.25) is 9.89 Å². The summed E-state index contributed by atoms with van der Waals surface area (Å²) in [6, 6.07) is 5.83. The summed E-state index contributed by atoms with van der Waals surface area (Å²) in [4.78, 5) is 12.2. The molecule has 0 unspecified atom stereocenters. The van der Waals surface area contributed by atoms with Gasteiger partial charge in [-0.1, -0.05) is 6.07 Å². The third kappa shape index (κ3) is 2.19. The first-order chi connectivity index (χ1) is 10.3. The van der Waals surface area contributed by atoms with Crippen LogP contribution in [-0.2, 0) is 19.4 Å². The molecule has 0 saturated carbocycles. The van der Waals surface area contributed by atoms with Gasteiger partial charge in [0.25, 0.3) is 5.91 Å². The number of nitrogens with one attached hydrogen (secondary N) is 2. The van der Waals surface area contributed by atoms with E-state index in [2.05, 4.69) is 24.3 Å². The highest BCUT2D eigenvalue weighted by Crippen LogP contribution is 2.22. The number of rotatable bonds is 3. The Balaban J connectivity index is 1.49. The highest BCUT2D eigenvalue weighted by Gasteiger charge is 2.22. The van der Waals surface area contributed by atoms with E-state index in [1.54, 1.807) is 0 Å². The highest BCUT2D eigenvalue weighted by atomic mass is 32.1. The molecule has 2 aromatic heterocycles. The van der Waals surface area contributed by atoms with Crippen LogP contribution in [0.4, 0.5) is 0 Å². The minimum absolute atomic E-state index is 0.120. The van der Waals surface area contributed by atoms with Gasteiger partial charge in [-0.2, -0.15) is 13.8 Å². The number of hydrogen-bond donors (Lipinski definition) is 2. The first kappa shape index (κ1) is 12.5. The lowest BCUT2D eigenvalue weighted by atomic mass is 10.1.